The van der Waals surface area contributed by atoms with E-state index in [2.05, 4.69) is 13.8 Å². The van der Waals surface area contributed by atoms with Gasteiger partial charge in [0, 0.05) is 13.1 Å². The molecule has 1 rings (SSSR count). The van der Waals surface area contributed by atoms with Gasteiger partial charge in [0.15, 0.2) is 0 Å². The number of carboxylic acids is 1. The lowest BCUT2D eigenvalue weighted by Crippen LogP contribution is -2.28. The number of nitrogens with zero attached hydrogens (tertiary/aromatic N) is 1. The molecule has 6 nitrogen and oxygen atoms in total. The van der Waals surface area contributed by atoms with E-state index in [1.165, 1.54) is 6.07 Å². The summed E-state index contributed by atoms with van der Waals surface area (Å²) < 4.78 is 23.2. The normalized spacial score (nSPS) is 11.5. The molecule has 0 aliphatic rings. The average molecular weight is 342 g/mol. The summed E-state index contributed by atoms with van der Waals surface area (Å²) in [5.74, 6) is -1.15. The number of aryl methyl sites for hydroxylation is 1. The van der Waals surface area contributed by atoms with Gasteiger partial charge < -0.3 is 10.0 Å². The number of carboxylic acid groups (broad SMARTS) is 1. The SMILES string of the molecule is CCCCN(CCCC)c1cc(C)c(S(N)(=O)=O)cc1C(=O)O. The molecular formula is C16H26N2O4S. The Balaban J connectivity index is 3.41. The van der Waals surface area contributed by atoms with E-state index in [1.807, 2.05) is 4.90 Å². The third kappa shape index (κ3) is 5.21. The van der Waals surface area contributed by atoms with Crippen molar-refractivity contribution in [3.05, 3.63) is 23.3 Å². The summed E-state index contributed by atoms with van der Waals surface area (Å²) in [4.78, 5) is 13.5. The van der Waals surface area contributed by atoms with Gasteiger partial charge in [-0.3, -0.25) is 0 Å². The molecule has 0 heterocycles. The molecule has 0 aliphatic carbocycles. The number of primary sulfonamides is 1. The lowest BCUT2D eigenvalue weighted by molar-refractivity contribution is 0.0697. The van der Waals surface area contributed by atoms with E-state index in [-0.39, 0.29) is 10.5 Å². The number of benzene rings is 1. The second kappa shape index (κ2) is 8.31. The van der Waals surface area contributed by atoms with Crippen molar-refractivity contribution in [3.8, 4) is 0 Å². The minimum absolute atomic E-state index is 0.0215. The largest absolute Gasteiger partial charge is 0.478 e. The molecule has 0 amide bonds. The smallest absolute Gasteiger partial charge is 0.337 e. The van der Waals surface area contributed by atoms with Gasteiger partial charge in [0.05, 0.1) is 16.1 Å². The minimum atomic E-state index is -3.95. The molecule has 0 spiro atoms. The molecule has 0 fully saturated rings. The maximum Gasteiger partial charge on any atom is 0.337 e. The predicted molar refractivity (Wildman–Crippen MR) is 91.5 cm³/mol. The quantitative estimate of drug-likeness (QED) is 0.718. The number of nitrogens with two attached hydrogens (primary N) is 1. The van der Waals surface area contributed by atoms with Crippen LogP contribution in [0.1, 0.15) is 55.5 Å². The summed E-state index contributed by atoms with van der Waals surface area (Å²) in [7, 11) is -3.95. The zero-order valence-corrected chi connectivity index (χ0v) is 14.8. The van der Waals surface area contributed by atoms with E-state index in [4.69, 9.17) is 5.14 Å². The summed E-state index contributed by atoms with van der Waals surface area (Å²) in [6, 6.07) is 2.79. The number of carbonyl (C=O) groups is 1. The van der Waals surface area contributed by atoms with Crippen LogP contribution in [-0.4, -0.2) is 32.6 Å². The van der Waals surface area contributed by atoms with E-state index in [9.17, 15) is 18.3 Å². The predicted octanol–water partition coefficient (Wildman–Crippen LogP) is 2.75. The molecule has 0 bridgehead atoms. The topological polar surface area (TPSA) is 101 Å². The van der Waals surface area contributed by atoms with Crippen molar-refractivity contribution in [2.45, 2.75) is 51.3 Å². The van der Waals surface area contributed by atoms with Crippen molar-refractivity contribution in [1.82, 2.24) is 0 Å². The van der Waals surface area contributed by atoms with Gasteiger partial charge in [-0.2, -0.15) is 0 Å². The fourth-order valence-electron chi connectivity index (χ4n) is 2.46. The van der Waals surface area contributed by atoms with Crippen LogP contribution >= 0.6 is 0 Å². The molecular weight excluding hydrogens is 316 g/mol. The van der Waals surface area contributed by atoms with E-state index in [0.29, 0.717) is 11.3 Å². The number of aromatic carboxylic acids is 1. The molecule has 3 N–H and O–H groups in total. The van der Waals surface area contributed by atoms with Crippen LogP contribution < -0.4 is 10.0 Å². The second-order valence-electron chi connectivity index (χ2n) is 5.68. The number of hydrogen-bond donors (Lipinski definition) is 2. The molecule has 23 heavy (non-hydrogen) atoms. The van der Waals surface area contributed by atoms with Crippen LogP contribution in [0.4, 0.5) is 5.69 Å². The van der Waals surface area contributed by atoms with Crippen LogP contribution in [0.3, 0.4) is 0 Å². The molecule has 0 saturated heterocycles. The van der Waals surface area contributed by atoms with E-state index >= 15 is 0 Å². The molecule has 130 valence electrons. The lowest BCUT2D eigenvalue weighted by atomic mass is 10.1. The molecule has 1 aromatic rings. The maximum atomic E-state index is 11.6. The molecule has 0 unspecified atom stereocenters. The summed E-state index contributed by atoms with van der Waals surface area (Å²) in [5.41, 5.74) is 1.00. The fraction of sp³-hybridized carbons (Fsp3) is 0.562. The third-order valence-corrected chi connectivity index (χ3v) is 4.79. The van der Waals surface area contributed by atoms with Crippen LogP contribution in [0, 0.1) is 6.92 Å². The van der Waals surface area contributed by atoms with Crippen molar-refractivity contribution in [2.75, 3.05) is 18.0 Å². The number of rotatable bonds is 9. The van der Waals surface area contributed by atoms with Crippen molar-refractivity contribution in [1.29, 1.82) is 0 Å². The molecule has 0 radical (unpaired) electrons. The Labute approximate surface area is 138 Å². The Bertz CT molecular complexity index is 648. The summed E-state index contributed by atoms with van der Waals surface area (Å²) in [6.45, 7) is 7.26. The lowest BCUT2D eigenvalue weighted by Gasteiger charge is -2.27. The molecule has 0 atom stereocenters. The number of sulfonamides is 1. The van der Waals surface area contributed by atoms with E-state index in [0.717, 1.165) is 38.8 Å². The molecule has 1 aromatic carbocycles. The molecule has 0 aliphatic heterocycles. The maximum absolute atomic E-state index is 11.6. The zero-order chi connectivity index (χ0) is 17.6. The van der Waals surface area contributed by atoms with Gasteiger partial charge in [0.2, 0.25) is 10.0 Å². The van der Waals surface area contributed by atoms with Crippen molar-refractivity contribution < 1.29 is 18.3 Å². The highest BCUT2D eigenvalue weighted by Gasteiger charge is 2.22. The van der Waals surface area contributed by atoms with Crippen molar-refractivity contribution in [2.24, 2.45) is 5.14 Å². The molecule has 0 saturated carbocycles. The van der Waals surface area contributed by atoms with Crippen LogP contribution in [0.15, 0.2) is 17.0 Å². The Hall–Kier alpha value is -1.60. The zero-order valence-electron chi connectivity index (χ0n) is 14.0. The van der Waals surface area contributed by atoms with Gasteiger partial charge in [-0.15, -0.1) is 0 Å². The van der Waals surface area contributed by atoms with Gasteiger partial charge in [-0.05, 0) is 37.5 Å². The van der Waals surface area contributed by atoms with Crippen LogP contribution in [0.2, 0.25) is 0 Å². The average Bonchev–Trinajstić information content (AvgIpc) is 2.45. The first-order chi connectivity index (χ1) is 10.7. The highest BCUT2D eigenvalue weighted by molar-refractivity contribution is 7.89. The van der Waals surface area contributed by atoms with Crippen molar-refractivity contribution in [3.63, 3.8) is 0 Å². The summed E-state index contributed by atoms with van der Waals surface area (Å²) in [6.07, 6.45) is 3.88. The van der Waals surface area contributed by atoms with Crippen LogP contribution in [0.25, 0.3) is 0 Å². The van der Waals surface area contributed by atoms with Gasteiger partial charge in [0.1, 0.15) is 0 Å². The molecule has 0 aromatic heterocycles. The van der Waals surface area contributed by atoms with Gasteiger partial charge in [-0.25, -0.2) is 18.4 Å². The fourth-order valence-corrected chi connectivity index (χ4v) is 3.25. The van der Waals surface area contributed by atoms with E-state index in [1.54, 1.807) is 13.0 Å². The highest BCUT2D eigenvalue weighted by Crippen LogP contribution is 2.28. The highest BCUT2D eigenvalue weighted by atomic mass is 32.2. The first-order valence-corrected chi connectivity index (χ1v) is 9.42. The Morgan fingerprint density at radius 1 is 1.17 bits per heavy atom. The van der Waals surface area contributed by atoms with Gasteiger partial charge in [-0.1, -0.05) is 26.7 Å². The summed E-state index contributed by atoms with van der Waals surface area (Å²) in [5, 5.41) is 14.7. The first-order valence-electron chi connectivity index (χ1n) is 7.88. The third-order valence-electron chi connectivity index (χ3n) is 3.73. The molecule has 7 heteroatoms. The minimum Gasteiger partial charge on any atom is -0.478 e. The van der Waals surface area contributed by atoms with Gasteiger partial charge in [0.25, 0.3) is 0 Å². The van der Waals surface area contributed by atoms with Crippen LogP contribution in [0.5, 0.6) is 0 Å². The first kappa shape index (κ1) is 19.4. The Morgan fingerprint density at radius 3 is 2.09 bits per heavy atom. The standard InChI is InChI=1S/C16H26N2O4S/c1-4-6-8-18(9-7-5-2)14-10-12(3)15(23(17,21)22)11-13(14)16(19)20/h10-11H,4-9H2,1-3H3,(H,19,20)(H2,17,21,22). The Morgan fingerprint density at radius 2 is 1.70 bits per heavy atom. The summed E-state index contributed by atoms with van der Waals surface area (Å²) >= 11 is 0. The van der Waals surface area contributed by atoms with Crippen LogP contribution in [-0.2, 0) is 10.0 Å². The number of hydrogen-bond acceptors (Lipinski definition) is 4. The van der Waals surface area contributed by atoms with Crippen molar-refractivity contribution >= 4 is 21.7 Å². The Kier molecular flexibility index (Phi) is 7.02. The van der Waals surface area contributed by atoms with Gasteiger partial charge >= 0.3 is 5.97 Å². The monoisotopic (exact) mass is 342 g/mol. The number of anilines is 1. The number of unbranched alkanes of at least 4 members (excludes halogenated alkanes) is 2. The second-order valence-corrected chi connectivity index (χ2v) is 7.21. The van der Waals surface area contributed by atoms with E-state index < -0.39 is 16.0 Å².